The number of anilines is 3. The van der Waals surface area contributed by atoms with Crippen LogP contribution in [0, 0.1) is 0 Å². The Bertz CT molecular complexity index is 3220. The highest BCUT2D eigenvalue weighted by Gasteiger charge is 2.21. The fourth-order valence-corrected chi connectivity index (χ4v) is 7.83. The fraction of sp³-hybridized carbons (Fsp3) is 0. The van der Waals surface area contributed by atoms with Crippen LogP contribution in [0.1, 0.15) is 0 Å². The Kier molecular flexibility index (Phi) is 7.10. The lowest BCUT2D eigenvalue weighted by atomic mass is 10.0. The predicted octanol–water partition coefficient (Wildman–Crippen LogP) is 13.9. The molecule has 5 nitrogen and oxygen atoms in total. The number of hydrogen-bond acceptors (Lipinski definition) is 5. The first-order chi connectivity index (χ1) is 27.2. The molecule has 0 aliphatic carbocycles. The molecule has 0 amide bonds. The van der Waals surface area contributed by atoms with Crippen LogP contribution < -0.4 is 4.90 Å². The van der Waals surface area contributed by atoms with Gasteiger partial charge in [-0.1, -0.05) is 115 Å². The van der Waals surface area contributed by atoms with Crippen molar-refractivity contribution in [1.29, 1.82) is 0 Å². The monoisotopic (exact) mass is 705 g/mol. The molecule has 0 aliphatic heterocycles. The molecule has 0 saturated heterocycles. The minimum Gasteiger partial charge on any atom is -0.456 e. The summed E-state index contributed by atoms with van der Waals surface area (Å²) in [5.74, 6) is 0.648. The van der Waals surface area contributed by atoms with E-state index < -0.39 is 0 Å². The van der Waals surface area contributed by atoms with E-state index in [1.165, 1.54) is 5.39 Å². The number of furan rings is 2. The number of hydrogen-bond donors (Lipinski definition) is 0. The van der Waals surface area contributed by atoms with E-state index in [0.29, 0.717) is 11.4 Å². The summed E-state index contributed by atoms with van der Waals surface area (Å²) < 4.78 is 13.0. The Morgan fingerprint density at radius 3 is 1.95 bits per heavy atom. The van der Waals surface area contributed by atoms with Crippen molar-refractivity contribution in [1.82, 2.24) is 9.97 Å². The van der Waals surface area contributed by atoms with Crippen LogP contribution in [0.2, 0.25) is 0 Å². The van der Waals surface area contributed by atoms with Gasteiger partial charge in [0.2, 0.25) is 0 Å². The van der Waals surface area contributed by atoms with Crippen LogP contribution in [-0.4, -0.2) is 9.97 Å². The van der Waals surface area contributed by atoms with Crippen molar-refractivity contribution in [2.75, 3.05) is 4.90 Å². The van der Waals surface area contributed by atoms with Gasteiger partial charge in [-0.15, -0.1) is 0 Å². The molecule has 0 N–H and O–H groups in total. The summed E-state index contributed by atoms with van der Waals surface area (Å²) in [6, 6.07) is 65.2. The highest BCUT2D eigenvalue weighted by Crippen LogP contribution is 2.44. The fourth-order valence-electron chi connectivity index (χ4n) is 7.83. The maximum Gasteiger partial charge on any atom is 0.180 e. The van der Waals surface area contributed by atoms with E-state index >= 15 is 0 Å². The second-order valence-corrected chi connectivity index (χ2v) is 13.8. The van der Waals surface area contributed by atoms with Gasteiger partial charge < -0.3 is 13.7 Å². The molecule has 0 bridgehead atoms. The molecule has 0 atom stereocenters. The first-order valence-electron chi connectivity index (χ1n) is 18.4. The lowest BCUT2D eigenvalue weighted by molar-refractivity contribution is 0.666. The van der Waals surface area contributed by atoms with Crippen LogP contribution >= 0.6 is 0 Å². The second-order valence-electron chi connectivity index (χ2n) is 13.8. The van der Waals surface area contributed by atoms with Gasteiger partial charge in [0, 0.05) is 44.2 Å². The van der Waals surface area contributed by atoms with E-state index in [1.54, 1.807) is 0 Å². The molecule has 11 aromatic rings. The van der Waals surface area contributed by atoms with Crippen molar-refractivity contribution in [2.45, 2.75) is 0 Å². The first kappa shape index (κ1) is 31.1. The molecule has 0 unspecified atom stereocenters. The van der Waals surface area contributed by atoms with Crippen molar-refractivity contribution in [2.24, 2.45) is 0 Å². The average Bonchev–Trinajstić information content (AvgIpc) is 3.82. The van der Waals surface area contributed by atoms with E-state index in [4.69, 9.17) is 18.8 Å². The summed E-state index contributed by atoms with van der Waals surface area (Å²) in [7, 11) is 0. The lowest BCUT2D eigenvalue weighted by Crippen LogP contribution is -2.11. The molecule has 55 heavy (non-hydrogen) atoms. The Labute approximate surface area is 316 Å². The standard InChI is InChI=1S/C50H31N3O2/c1-3-14-33(15-4-1)39-19-9-11-21-43(39)53(37-17-5-2-6-18-37)38-26-28-46-42(31-38)41-30-35(25-27-45(41)54-46)47-49-48(40-20-10-12-22-44(40)55-49)52-50(51-47)36-24-23-32-13-7-8-16-34(32)29-36/h1-31H. The Hall–Kier alpha value is -7.50. The van der Waals surface area contributed by atoms with Crippen LogP contribution in [-0.2, 0) is 0 Å². The average molecular weight is 706 g/mol. The molecule has 258 valence electrons. The van der Waals surface area contributed by atoms with Gasteiger partial charge in [-0.3, -0.25) is 0 Å². The van der Waals surface area contributed by atoms with E-state index in [9.17, 15) is 0 Å². The molecule has 8 aromatic carbocycles. The number of rotatable bonds is 6. The van der Waals surface area contributed by atoms with Crippen LogP contribution in [0.3, 0.4) is 0 Å². The summed E-state index contributed by atoms with van der Waals surface area (Å²) in [5.41, 5.74) is 11.9. The molecule has 0 aliphatic rings. The van der Waals surface area contributed by atoms with Gasteiger partial charge in [-0.05, 0) is 89.1 Å². The highest BCUT2D eigenvalue weighted by molar-refractivity contribution is 6.11. The van der Waals surface area contributed by atoms with Gasteiger partial charge in [-0.25, -0.2) is 9.97 Å². The third kappa shape index (κ3) is 5.24. The van der Waals surface area contributed by atoms with Crippen molar-refractivity contribution >= 4 is 71.8 Å². The van der Waals surface area contributed by atoms with Gasteiger partial charge in [0.05, 0.1) is 5.69 Å². The summed E-state index contributed by atoms with van der Waals surface area (Å²) in [6.07, 6.45) is 0. The molecule has 0 radical (unpaired) electrons. The lowest BCUT2D eigenvalue weighted by Gasteiger charge is -2.28. The first-order valence-corrected chi connectivity index (χ1v) is 18.4. The van der Waals surface area contributed by atoms with Gasteiger partial charge in [-0.2, -0.15) is 0 Å². The smallest absolute Gasteiger partial charge is 0.180 e. The Balaban J connectivity index is 1.11. The van der Waals surface area contributed by atoms with Crippen molar-refractivity contribution in [3.8, 4) is 33.8 Å². The summed E-state index contributed by atoms with van der Waals surface area (Å²) in [5, 5.41) is 5.28. The van der Waals surface area contributed by atoms with Gasteiger partial charge >= 0.3 is 0 Å². The van der Waals surface area contributed by atoms with Crippen molar-refractivity contribution < 1.29 is 8.83 Å². The highest BCUT2D eigenvalue weighted by atomic mass is 16.3. The van der Waals surface area contributed by atoms with E-state index in [-0.39, 0.29) is 0 Å². The molecule has 5 heteroatoms. The number of aromatic nitrogens is 2. The van der Waals surface area contributed by atoms with Gasteiger partial charge in [0.25, 0.3) is 0 Å². The number of nitrogens with zero attached hydrogens (tertiary/aromatic N) is 3. The zero-order valence-corrected chi connectivity index (χ0v) is 29.6. The molecule has 0 saturated carbocycles. The van der Waals surface area contributed by atoms with Gasteiger partial charge in [0.1, 0.15) is 28.0 Å². The van der Waals surface area contributed by atoms with Crippen LogP contribution in [0.4, 0.5) is 17.1 Å². The number of fused-ring (bicyclic) bond motifs is 7. The predicted molar refractivity (Wildman–Crippen MR) is 225 cm³/mol. The zero-order chi connectivity index (χ0) is 36.3. The van der Waals surface area contributed by atoms with E-state index in [1.807, 2.05) is 24.3 Å². The van der Waals surface area contributed by atoms with E-state index in [2.05, 4.69) is 169 Å². The minimum atomic E-state index is 0.648. The quantitative estimate of drug-likeness (QED) is 0.172. The summed E-state index contributed by atoms with van der Waals surface area (Å²) >= 11 is 0. The Morgan fingerprint density at radius 1 is 0.400 bits per heavy atom. The molecule has 3 aromatic heterocycles. The van der Waals surface area contributed by atoms with Crippen LogP contribution in [0.15, 0.2) is 197 Å². The molecule has 0 spiro atoms. The maximum absolute atomic E-state index is 6.52. The summed E-state index contributed by atoms with van der Waals surface area (Å²) in [4.78, 5) is 12.7. The largest absolute Gasteiger partial charge is 0.456 e. The molecular weight excluding hydrogens is 675 g/mol. The van der Waals surface area contributed by atoms with Crippen molar-refractivity contribution in [3.63, 3.8) is 0 Å². The minimum absolute atomic E-state index is 0.648. The molecule has 11 rings (SSSR count). The SMILES string of the molecule is c1ccc(-c2ccccc2N(c2ccccc2)c2ccc3oc4ccc(-c5nc(-c6ccc7ccccc7c6)nc6c5oc5ccccc56)cc4c3c2)cc1. The number of para-hydroxylation sites is 3. The molecular formula is C50H31N3O2. The normalized spacial score (nSPS) is 11.6. The summed E-state index contributed by atoms with van der Waals surface area (Å²) in [6.45, 7) is 0. The maximum atomic E-state index is 6.52. The molecule has 0 fully saturated rings. The van der Waals surface area contributed by atoms with E-state index in [0.717, 1.165) is 88.8 Å². The van der Waals surface area contributed by atoms with Crippen molar-refractivity contribution in [3.05, 3.63) is 188 Å². The number of benzene rings is 8. The Morgan fingerprint density at radius 2 is 1.07 bits per heavy atom. The topological polar surface area (TPSA) is 55.3 Å². The van der Waals surface area contributed by atoms with Crippen LogP contribution in [0.5, 0.6) is 0 Å². The molecule has 3 heterocycles. The zero-order valence-electron chi connectivity index (χ0n) is 29.6. The van der Waals surface area contributed by atoms with Crippen LogP contribution in [0.25, 0.3) is 88.6 Å². The van der Waals surface area contributed by atoms with Gasteiger partial charge in [0.15, 0.2) is 11.4 Å². The third-order valence-corrected chi connectivity index (χ3v) is 10.5. The second kappa shape index (κ2) is 12.6. The third-order valence-electron chi connectivity index (χ3n) is 10.5.